The summed E-state index contributed by atoms with van der Waals surface area (Å²) < 4.78 is 5.87. The lowest BCUT2D eigenvalue weighted by molar-refractivity contribution is 0.0723. The molecular weight excluding hydrogens is 270 g/mol. The van der Waals surface area contributed by atoms with E-state index in [0.29, 0.717) is 11.3 Å². The number of ether oxygens (including phenoxy) is 1. The van der Waals surface area contributed by atoms with Crippen molar-refractivity contribution in [2.75, 3.05) is 13.2 Å². The third-order valence-electron chi connectivity index (χ3n) is 3.81. The lowest BCUT2D eigenvalue weighted by Crippen LogP contribution is -2.51. The first kappa shape index (κ1) is 15.8. The van der Waals surface area contributed by atoms with Crippen LogP contribution in [-0.4, -0.2) is 41.0 Å². The molecule has 1 aromatic rings. The van der Waals surface area contributed by atoms with E-state index in [4.69, 9.17) is 4.74 Å². The predicted molar refractivity (Wildman–Crippen MR) is 79.4 cm³/mol. The topological polar surface area (TPSA) is 78.8 Å². The van der Waals surface area contributed by atoms with Crippen molar-refractivity contribution in [3.05, 3.63) is 29.8 Å². The van der Waals surface area contributed by atoms with Crippen LogP contribution in [0, 0.1) is 0 Å². The molecule has 0 aliphatic heterocycles. The van der Waals surface area contributed by atoms with Crippen LogP contribution < -0.4 is 10.1 Å². The second-order valence-corrected chi connectivity index (χ2v) is 5.88. The van der Waals surface area contributed by atoms with Gasteiger partial charge in [0, 0.05) is 5.56 Å². The summed E-state index contributed by atoms with van der Waals surface area (Å²) in [7, 11) is 0. The molecule has 0 heterocycles. The summed E-state index contributed by atoms with van der Waals surface area (Å²) in [6.07, 6.45) is 4.74. The van der Waals surface area contributed by atoms with Crippen molar-refractivity contribution in [1.82, 2.24) is 5.32 Å². The van der Waals surface area contributed by atoms with Gasteiger partial charge in [0.15, 0.2) is 0 Å². The largest absolute Gasteiger partial charge is 0.490 e. The molecule has 1 aliphatic carbocycles. The average molecular weight is 293 g/mol. The minimum atomic E-state index is -1.03. The van der Waals surface area contributed by atoms with Crippen LogP contribution in [-0.2, 0) is 0 Å². The Labute approximate surface area is 124 Å². The fourth-order valence-electron chi connectivity index (χ4n) is 2.38. The highest BCUT2D eigenvalue weighted by Crippen LogP contribution is 2.24. The Bertz CT molecular complexity index is 479. The summed E-state index contributed by atoms with van der Waals surface area (Å²) in [6.45, 7) is 0.935. The summed E-state index contributed by atoms with van der Waals surface area (Å²) in [4.78, 5) is 12.2. The van der Waals surface area contributed by atoms with Gasteiger partial charge < -0.3 is 20.3 Å². The molecule has 21 heavy (non-hydrogen) atoms. The molecule has 1 aromatic carbocycles. The molecule has 1 fully saturated rings. The smallest absolute Gasteiger partial charge is 0.251 e. The Morgan fingerprint density at radius 1 is 1.33 bits per heavy atom. The normalized spacial score (nSPS) is 16.0. The van der Waals surface area contributed by atoms with Gasteiger partial charge in [-0.25, -0.2) is 0 Å². The van der Waals surface area contributed by atoms with E-state index in [0.717, 1.165) is 12.8 Å². The van der Waals surface area contributed by atoms with Crippen LogP contribution in [0.2, 0.25) is 0 Å². The molecule has 0 bridgehead atoms. The standard InChI is InChI=1S/C16H23NO4/c1-16(10-18,11-19)17-15(20)12-5-4-8-14(9-12)21-13-6-2-3-7-13/h4-5,8-9,13,18-19H,2-3,6-7,10-11H2,1H3,(H,17,20). The number of rotatable bonds is 6. The summed E-state index contributed by atoms with van der Waals surface area (Å²) in [6, 6.07) is 7.00. The number of aliphatic hydroxyl groups excluding tert-OH is 2. The number of aliphatic hydroxyl groups is 2. The van der Waals surface area contributed by atoms with Crippen molar-refractivity contribution in [2.45, 2.75) is 44.2 Å². The Kier molecular flexibility index (Phi) is 5.20. The first-order valence-corrected chi connectivity index (χ1v) is 7.37. The Hall–Kier alpha value is -1.59. The van der Waals surface area contributed by atoms with Gasteiger partial charge in [0.2, 0.25) is 0 Å². The fourth-order valence-corrected chi connectivity index (χ4v) is 2.38. The maximum atomic E-state index is 12.2. The number of carbonyl (C=O) groups excluding carboxylic acids is 1. The minimum Gasteiger partial charge on any atom is -0.490 e. The zero-order chi connectivity index (χ0) is 15.3. The van der Waals surface area contributed by atoms with Gasteiger partial charge in [-0.3, -0.25) is 4.79 Å². The highest BCUT2D eigenvalue weighted by atomic mass is 16.5. The van der Waals surface area contributed by atoms with Crippen LogP contribution in [0.5, 0.6) is 5.75 Å². The number of nitrogens with one attached hydrogen (secondary N) is 1. The lowest BCUT2D eigenvalue weighted by Gasteiger charge is -2.26. The molecule has 1 saturated carbocycles. The van der Waals surface area contributed by atoms with Crippen LogP contribution in [0.3, 0.4) is 0 Å². The molecule has 5 nitrogen and oxygen atoms in total. The molecule has 2 rings (SSSR count). The van der Waals surface area contributed by atoms with E-state index < -0.39 is 5.54 Å². The molecule has 0 atom stereocenters. The average Bonchev–Trinajstić information content (AvgIpc) is 3.00. The van der Waals surface area contributed by atoms with Crippen molar-refractivity contribution in [3.63, 3.8) is 0 Å². The van der Waals surface area contributed by atoms with Gasteiger partial charge in [-0.05, 0) is 50.8 Å². The molecule has 3 N–H and O–H groups in total. The third-order valence-corrected chi connectivity index (χ3v) is 3.81. The highest BCUT2D eigenvalue weighted by Gasteiger charge is 2.25. The van der Waals surface area contributed by atoms with Crippen LogP contribution in [0.15, 0.2) is 24.3 Å². The van der Waals surface area contributed by atoms with Gasteiger partial charge in [0.1, 0.15) is 5.75 Å². The van der Waals surface area contributed by atoms with Crippen molar-refractivity contribution in [1.29, 1.82) is 0 Å². The first-order valence-electron chi connectivity index (χ1n) is 7.37. The molecule has 0 aromatic heterocycles. The zero-order valence-electron chi connectivity index (χ0n) is 12.3. The molecule has 1 aliphatic rings. The summed E-state index contributed by atoms with van der Waals surface area (Å²) in [5, 5.41) is 21.1. The molecule has 0 saturated heterocycles. The van der Waals surface area contributed by atoms with E-state index in [1.165, 1.54) is 12.8 Å². The van der Waals surface area contributed by atoms with E-state index in [1.54, 1.807) is 25.1 Å². The lowest BCUT2D eigenvalue weighted by atomic mass is 10.0. The maximum Gasteiger partial charge on any atom is 0.251 e. The van der Waals surface area contributed by atoms with Crippen LogP contribution in [0.1, 0.15) is 43.0 Å². The second kappa shape index (κ2) is 6.91. The van der Waals surface area contributed by atoms with Gasteiger partial charge in [0.25, 0.3) is 5.91 Å². The van der Waals surface area contributed by atoms with E-state index in [2.05, 4.69) is 5.32 Å². The highest BCUT2D eigenvalue weighted by molar-refractivity contribution is 5.95. The summed E-state index contributed by atoms with van der Waals surface area (Å²) in [5.41, 5.74) is -0.571. The van der Waals surface area contributed by atoms with Crippen molar-refractivity contribution >= 4 is 5.91 Å². The van der Waals surface area contributed by atoms with Gasteiger partial charge in [-0.2, -0.15) is 0 Å². The SMILES string of the molecule is CC(CO)(CO)NC(=O)c1cccc(OC2CCCC2)c1. The Balaban J connectivity index is 2.04. The minimum absolute atomic E-state index is 0.239. The number of amides is 1. The maximum absolute atomic E-state index is 12.2. The quantitative estimate of drug-likeness (QED) is 0.742. The zero-order valence-corrected chi connectivity index (χ0v) is 12.3. The first-order chi connectivity index (χ1) is 10.1. The molecular formula is C16H23NO4. The molecule has 1 amide bonds. The van der Waals surface area contributed by atoms with Gasteiger partial charge in [0.05, 0.1) is 24.9 Å². The monoisotopic (exact) mass is 293 g/mol. The van der Waals surface area contributed by atoms with Crippen molar-refractivity contribution in [2.24, 2.45) is 0 Å². The van der Waals surface area contributed by atoms with Crippen LogP contribution in [0.4, 0.5) is 0 Å². The number of benzene rings is 1. The molecule has 116 valence electrons. The van der Waals surface area contributed by atoms with Crippen molar-refractivity contribution in [3.8, 4) is 5.75 Å². The van der Waals surface area contributed by atoms with Crippen LogP contribution in [0.25, 0.3) is 0 Å². The molecule has 0 spiro atoms. The Morgan fingerprint density at radius 2 is 2.00 bits per heavy atom. The fraction of sp³-hybridized carbons (Fsp3) is 0.562. The van der Waals surface area contributed by atoms with Gasteiger partial charge >= 0.3 is 0 Å². The summed E-state index contributed by atoms with van der Waals surface area (Å²) in [5.74, 6) is 0.349. The molecule has 0 unspecified atom stereocenters. The number of hydrogen-bond acceptors (Lipinski definition) is 4. The number of hydrogen-bond donors (Lipinski definition) is 3. The van der Waals surface area contributed by atoms with E-state index in [1.807, 2.05) is 6.07 Å². The predicted octanol–water partition coefficient (Wildman–Crippen LogP) is 1.48. The molecule has 0 radical (unpaired) electrons. The third kappa shape index (κ3) is 4.19. The van der Waals surface area contributed by atoms with E-state index in [9.17, 15) is 15.0 Å². The summed E-state index contributed by atoms with van der Waals surface area (Å²) >= 11 is 0. The van der Waals surface area contributed by atoms with Crippen molar-refractivity contribution < 1.29 is 19.7 Å². The van der Waals surface area contributed by atoms with Crippen LogP contribution >= 0.6 is 0 Å². The number of carbonyl (C=O) groups is 1. The molecule has 5 heteroatoms. The van der Waals surface area contributed by atoms with Gasteiger partial charge in [-0.15, -0.1) is 0 Å². The Morgan fingerprint density at radius 3 is 2.62 bits per heavy atom. The second-order valence-electron chi connectivity index (χ2n) is 5.88. The van der Waals surface area contributed by atoms with E-state index >= 15 is 0 Å². The van der Waals surface area contributed by atoms with E-state index in [-0.39, 0.29) is 25.2 Å². The van der Waals surface area contributed by atoms with Gasteiger partial charge in [-0.1, -0.05) is 6.07 Å².